The molecule has 1 unspecified atom stereocenters. The summed E-state index contributed by atoms with van der Waals surface area (Å²) in [7, 11) is -1.71. The van der Waals surface area contributed by atoms with Crippen molar-refractivity contribution in [3.8, 4) is 0 Å². The molecule has 0 amide bonds. The van der Waals surface area contributed by atoms with E-state index in [1.165, 1.54) is 0 Å². The summed E-state index contributed by atoms with van der Waals surface area (Å²) in [6.07, 6.45) is 0.380. The van der Waals surface area contributed by atoms with Gasteiger partial charge in [0.2, 0.25) is 0 Å². The topological polar surface area (TPSA) is 52.6 Å². The second-order valence-electron chi connectivity index (χ2n) is 3.81. The van der Waals surface area contributed by atoms with E-state index in [2.05, 4.69) is 0 Å². The highest BCUT2D eigenvalue weighted by atomic mass is 31.1. The number of ether oxygens (including phenoxy) is 1. The summed E-state index contributed by atoms with van der Waals surface area (Å²) in [6.45, 7) is 7.57. The highest BCUT2D eigenvalue weighted by Gasteiger charge is 2.22. The van der Waals surface area contributed by atoms with Crippen molar-refractivity contribution in [2.24, 2.45) is 0 Å². The molecular formula is C9H18O4P+. The average molecular weight is 221 g/mol. The first kappa shape index (κ1) is 13.5. The van der Waals surface area contributed by atoms with E-state index in [9.17, 15) is 9.36 Å². The minimum atomic E-state index is -1.71. The molecule has 0 rings (SSSR count). The molecular weight excluding hydrogens is 203 g/mol. The third kappa shape index (κ3) is 8.14. The SMILES string of the molecule is CCO[P+](=O)CCC(=O)OC(C)(C)C. The maximum Gasteiger partial charge on any atom is 0.508 e. The average Bonchev–Trinajstić information content (AvgIpc) is 1.98. The molecule has 1 atom stereocenters. The summed E-state index contributed by atoms with van der Waals surface area (Å²) in [5.41, 5.74) is -0.478. The molecule has 4 nitrogen and oxygen atoms in total. The first-order valence-corrected chi connectivity index (χ1v) is 6.01. The first-order chi connectivity index (χ1) is 6.35. The van der Waals surface area contributed by atoms with Gasteiger partial charge in [-0.2, -0.15) is 0 Å². The Morgan fingerprint density at radius 2 is 1.93 bits per heavy atom. The molecule has 0 aromatic heterocycles. The van der Waals surface area contributed by atoms with E-state index in [4.69, 9.17) is 9.26 Å². The van der Waals surface area contributed by atoms with Gasteiger partial charge in [0.1, 0.15) is 5.60 Å². The molecule has 0 aliphatic carbocycles. The fourth-order valence-electron chi connectivity index (χ4n) is 0.784. The van der Waals surface area contributed by atoms with Crippen LogP contribution in [0.25, 0.3) is 0 Å². The largest absolute Gasteiger partial charge is 0.508 e. The molecule has 82 valence electrons. The van der Waals surface area contributed by atoms with Crippen LogP contribution in [0.1, 0.15) is 34.1 Å². The lowest BCUT2D eigenvalue weighted by atomic mass is 10.2. The maximum atomic E-state index is 11.2. The molecule has 0 saturated heterocycles. The second-order valence-corrected chi connectivity index (χ2v) is 5.18. The van der Waals surface area contributed by atoms with Crippen LogP contribution in [-0.2, 0) is 18.6 Å². The van der Waals surface area contributed by atoms with Gasteiger partial charge < -0.3 is 4.74 Å². The van der Waals surface area contributed by atoms with Crippen LogP contribution in [0.2, 0.25) is 0 Å². The van der Waals surface area contributed by atoms with E-state index < -0.39 is 13.6 Å². The van der Waals surface area contributed by atoms with Gasteiger partial charge in [-0.25, -0.2) is 0 Å². The van der Waals surface area contributed by atoms with Gasteiger partial charge in [-0.05, 0) is 32.3 Å². The predicted octanol–water partition coefficient (Wildman–Crippen LogP) is 2.50. The van der Waals surface area contributed by atoms with Crippen molar-refractivity contribution in [1.29, 1.82) is 0 Å². The van der Waals surface area contributed by atoms with E-state index in [1.54, 1.807) is 27.7 Å². The lowest BCUT2D eigenvalue weighted by molar-refractivity contribution is -0.154. The Morgan fingerprint density at radius 3 is 2.36 bits per heavy atom. The summed E-state index contributed by atoms with van der Waals surface area (Å²) in [5, 5.41) is 0. The van der Waals surface area contributed by atoms with Crippen molar-refractivity contribution in [1.82, 2.24) is 0 Å². The fraction of sp³-hybridized carbons (Fsp3) is 0.889. The number of carbonyl (C=O) groups is 1. The molecule has 0 spiro atoms. The van der Waals surface area contributed by atoms with E-state index in [0.717, 1.165) is 0 Å². The molecule has 0 saturated carbocycles. The molecule has 0 bridgehead atoms. The van der Waals surface area contributed by atoms with E-state index in [-0.39, 0.29) is 18.6 Å². The summed E-state index contributed by atoms with van der Waals surface area (Å²) in [5.74, 6) is -0.333. The van der Waals surface area contributed by atoms with Crippen molar-refractivity contribution < 1.29 is 18.6 Å². The molecule has 0 fully saturated rings. The lowest BCUT2D eigenvalue weighted by Crippen LogP contribution is -2.24. The van der Waals surface area contributed by atoms with Gasteiger partial charge in [0.25, 0.3) is 0 Å². The molecule has 0 radical (unpaired) electrons. The monoisotopic (exact) mass is 221 g/mol. The van der Waals surface area contributed by atoms with Crippen molar-refractivity contribution in [3.05, 3.63) is 0 Å². The van der Waals surface area contributed by atoms with Crippen LogP contribution in [0.4, 0.5) is 0 Å². The number of esters is 1. The number of hydrogen-bond acceptors (Lipinski definition) is 4. The minimum Gasteiger partial charge on any atom is -0.460 e. The summed E-state index contributed by atoms with van der Waals surface area (Å²) < 4.78 is 20.9. The fourth-order valence-corrected chi connectivity index (χ4v) is 1.57. The summed E-state index contributed by atoms with van der Waals surface area (Å²) in [6, 6.07) is 0. The molecule has 14 heavy (non-hydrogen) atoms. The zero-order valence-electron chi connectivity index (χ0n) is 9.20. The minimum absolute atomic E-state index is 0.145. The van der Waals surface area contributed by atoms with Gasteiger partial charge in [-0.1, -0.05) is 0 Å². The number of hydrogen-bond donors (Lipinski definition) is 0. The van der Waals surface area contributed by atoms with Crippen molar-refractivity contribution in [3.63, 3.8) is 0 Å². The van der Waals surface area contributed by atoms with Crippen LogP contribution in [0.15, 0.2) is 0 Å². The van der Waals surface area contributed by atoms with Gasteiger partial charge >= 0.3 is 14.0 Å². The third-order valence-electron chi connectivity index (χ3n) is 1.19. The molecule has 0 aromatic rings. The third-order valence-corrected chi connectivity index (χ3v) is 2.33. The quantitative estimate of drug-likeness (QED) is 0.528. The van der Waals surface area contributed by atoms with Crippen molar-refractivity contribution >= 4 is 14.0 Å². The smallest absolute Gasteiger partial charge is 0.460 e. The van der Waals surface area contributed by atoms with E-state index in [1.807, 2.05) is 0 Å². The highest BCUT2D eigenvalue weighted by molar-refractivity contribution is 7.39. The zero-order valence-corrected chi connectivity index (χ0v) is 10.1. The van der Waals surface area contributed by atoms with Crippen molar-refractivity contribution in [2.75, 3.05) is 12.8 Å². The molecule has 0 N–H and O–H groups in total. The Hall–Kier alpha value is -0.470. The van der Waals surface area contributed by atoms with E-state index in [0.29, 0.717) is 6.61 Å². The van der Waals surface area contributed by atoms with Crippen LogP contribution in [0, 0.1) is 0 Å². The zero-order chi connectivity index (χ0) is 11.2. The van der Waals surface area contributed by atoms with Gasteiger partial charge in [-0.15, -0.1) is 4.52 Å². The van der Waals surface area contributed by atoms with Crippen LogP contribution >= 0.6 is 8.03 Å². The van der Waals surface area contributed by atoms with Gasteiger partial charge in [0.15, 0.2) is 6.16 Å². The Bertz CT molecular complexity index is 207. The first-order valence-electron chi connectivity index (χ1n) is 4.64. The Kier molecular flexibility index (Phi) is 5.89. The van der Waals surface area contributed by atoms with Gasteiger partial charge in [0, 0.05) is 0 Å². The maximum absolute atomic E-state index is 11.2. The Balaban J connectivity index is 3.70. The number of carbonyl (C=O) groups excluding carboxylic acids is 1. The lowest BCUT2D eigenvalue weighted by Gasteiger charge is -2.18. The highest BCUT2D eigenvalue weighted by Crippen LogP contribution is 2.23. The van der Waals surface area contributed by atoms with Crippen LogP contribution in [-0.4, -0.2) is 24.3 Å². The summed E-state index contributed by atoms with van der Waals surface area (Å²) >= 11 is 0. The van der Waals surface area contributed by atoms with Crippen molar-refractivity contribution in [2.45, 2.75) is 39.7 Å². The summed E-state index contributed by atoms with van der Waals surface area (Å²) in [4.78, 5) is 11.2. The van der Waals surface area contributed by atoms with Crippen LogP contribution in [0.5, 0.6) is 0 Å². The van der Waals surface area contributed by atoms with Crippen LogP contribution < -0.4 is 0 Å². The molecule has 0 heterocycles. The predicted molar refractivity (Wildman–Crippen MR) is 54.6 cm³/mol. The molecule has 0 aliphatic heterocycles. The Morgan fingerprint density at radius 1 is 1.36 bits per heavy atom. The normalized spacial score (nSPS) is 12.4. The van der Waals surface area contributed by atoms with E-state index >= 15 is 0 Å². The van der Waals surface area contributed by atoms with Gasteiger partial charge in [-0.3, -0.25) is 4.79 Å². The molecule has 0 aromatic carbocycles. The second kappa shape index (κ2) is 6.10. The molecule has 0 aliphatic rings. The van der Waals surface area contributed by atoms with Crippen LogP contribution in [0.3, 0.4) is 0 Å². The standard InChI is InChI=1S/C9H18O4P/c1-5-12-14(11)7-6-8(10)13-9(2,3)4/h5-7H2,1-4H3/q+1. The van der Waals surface area contributed by atoms with Gasteiger partial charge in [0.05, 0.1) is 13.0 Å². The molecule has 5 heteroatoms. The Labute approximate surface area is 85.8 Å². The number of rotatable bonds is 5.